The molecule has 32 heavy (non-hydrogen) atoms. The monoisotopic (exact) mass is 439 g/mol. The standard InChI is InChI=1S/C25H30FN3O3/c1-28-16-13-27-24(28)18-31-21-9-7-20(8-10-21)17-29-14-4-11-25(30,12-15-29)19-32-23-6-3-2-5-22(23)26/h2-3,5-10,13,16,30H,4,11-12,14-15,17-19H2,1H3. The molecule has 1 saturated heterocycles. The van der Waals surface area contributed by atoms with E-state index in [0.717, 1.165) is 37.6 Å². The van der Waals surface area contributed by atoms with E-state index in [9.17, 15) is 9.50 Å². The van der Waals surface area contributed by atoms with Crippen LogP contribution in [0, 0.1) is 5.82 Å². The number of likely N-dealkylation sites (tertiary alicyclic amines) is 1. The molecule has 7 heteroatoms. The van der Waals surface area contributed by atoms with Gasteiger partial charge in [-0.25, -0.2) is 9.37 Å². The maximum Gasteiger partial charge on any atom is 0.165 e. The molecule has 1 aliphatic heterocycles. The number of aryl methyl sites for hydroxylation is 1. The molecule has 1 fully saturated rings. The molecule has 0 saturated carbocycles. The van der Waals surface area contributed by atoms with Gasteiger partial charge in [0.1, 0.15) is 24.8 Å². The predicted molar refractivity (Wildman–Crippen MR) is 120 cm³/mol. The van der Waals surface area contributed by atoms with E-state index in [0.29, 0.717) is 19.4 Å². The van der Waals surface area contributed by atoms with Gasteiger partial charge in [-0.2, -0.15) is 0 Å². The molecule has 3 aromatic rings. The number of para-hydroxylation sites is 1. The molecule has 1 unspecified atom stereocenters. The molecule has 1 aromatic heterocycles. The van der Waals surface area contributed by atoms with Crippen molar-refractivity contribution in [2.45, 2.75) is 38.0 Å². The molecular formula is C25H30FN3O3. The number of nitrogens with zero attached hydrogens (tertiary/aromatic N) is 3. The Hall–Kier alpha value is -2.90. The van der Waals surface area contributed by atoms with Crippen LogP contribution in [0.5, 0.6) is 11.5 Å². The van der Waals surface area contributed by atoms with Crippen LogP contribution in [-0.2, 0) is 20.2 Å². The Balaban J connectivity index is 1.26. The van der Waals surface area contributed by atoms with Gasteiger partial charge in [0.2, 0.25) is 0 Å². The summed E-state index contributed by atoms with van der Waals surface area (Å²) in [6.07, 6.45) is 5.75. The van der Waals surface area contributed by atoms with Gasteiger partial charge < -0.3 is 19.1 Å². The second kappa shape index (κ2) is 10.1. The Morgan fingerprint density at radius 1 is 1.06 bits per heavy atom. The lowest BCUT2D eigenvalue weighted by Gasteiger charge is -2.27. The highest BCUT2D eigenvalue weighted by atomic mass is 19.1. The van der Waals surface area contributed by atoms with Gasteiger partial charge in [-0.3, -0.25) is 4.90 Å². The molecule has 1 N–H and O–H groups in total. The first-order valence-corrected chi connectivity index (χ1v) is 11.0. The lowest BCUT2D eigenvalue weighted by atomic mass is 9.96. The quantitative estimate of drug-likeness (QED) is 0.576. The number of hydrogen-bond donors (Lipinski definition) is 1. The Kier molecular flexibility index (Phi) is 7.07. The second-order valence-electron chi connectivity index (χ2n) is 8.46. The summed E-state index contributed by atoms with van der Waals surface area (Å²) in [6.45, 7) is 3.00. The lowest BCUT2D eigenvalue weighted by Crippen LogP contribution is -2.37. The van der Waals surface area contributed by atoms with Crippen LogP contribution in [0.3, 0.4) is 0 Å². The third-order valence-corrected chi connectivity index (χ3v) is 5.96. The van der Waals surface area contributed by atoms with E-state index in [-0.39, 0.29) is 12.4 Å². The minimum Gasteiger partial charge on any atom is -0.488 e. The second-order valence-corrected chi connectivity index (χ2v) is 8.46. The van der Waals surface area contributed by atoms with Gasteiger partial charge in [-0.1, -0.05) is 24.3 Å². The number of halogens is 1. The Labute approximate surface area is 188 Å². The maximum atomic E-state index is 13.8. The van der Waals surface area contributed by atoms with Gasteiger partial charge in [0, 0.05) is 32.5 Å². The zero-order valence-corrected chi connectivity index (χ0v) is 18.4. The average Bonchev–Trinajstić information content (AvgIpc) is 3.11. The third kappa shape index (κ3) is 5.87. The Morgan fingerprint density at radius 2 is 1.88 bits per heavy atom. The molecule has 170 valence electrons. The van der Waals surface area contributed by atoms with Crippen LogP contribution in [0.1, 0.15) is 30.7 Å². The molecule has 0 bridgehead atoms. The summed E-state index contributed by atoms with van der Waals surface area (Å²) < 4.78 is 27.2. The summed E-state index contributed by atoms with van der Waals surface area (Å²) in [5, 5.41) is 11.0. The first-order chi connectivity index (χ1) is 15.5. The number of rotatable bonds is 8. The molecular weight excluding hydrogens is 409 g/mol. The van der Waals surface area contributed by atoms with E-state index in [1.807, 2.05) is 29.9 Å². The molecule has 2 heterocycles. The van der Waals surface area contributed by atoms with Crippen molar-refractivity contribution in [2.75, 3.05) is 19.7 Å². The minimum absolute atomic E-state index is 0.101. The van der Waals surface area contributed by atoms with Gasteiger partial charge in [0.05, 0.1) is 5.60 Å². The van der Waals surface area contributed by atoms with Crippen molar-refractivity contribution in [2.24, 2.45) is 7.05 Å². The molecule has 1 aliphatic rings. The molecule has 0 radical (unpaired) electrons. The van der Waals surface area contributed by atoms with Crippen molar-refractivity contribution in [3.63, 3.8) is 0 Å². The molecule has 6 nitrogen and oxygen atoms in total. The number of aromatic nitrogens is 2. The number of imidazole rings is 1. The SMILES string of the molecule is Cn1ccnc1COc1ccc(CN2CCCC(O)(COc3ccccc3F)CC2)cc1. The van der Waals surface area contributed by atoms with Gasteiger partial charge in [0.25, 0.3) is 0 Å². The van der Waals surface area contributed by atoms with Gasteiger partial charge >= 0.3 is 0 Å². The molecule has 0 spiro atoms. The number of benzene rings is 2. The highest BCUT2D eigenvalue weighted by Crippen LogP contribution is 2.26. The average molecular weight is 440 g/mol. The molecule has 2 aromatic carbocycles. The minimum atomic E-state index is -0.945. The zero-order chi connectivity index (χ0) is 22.4. The third-order valence-electron chi connectivity index (χ3n) is 5.96. The van der Waals surface area contributed by atoms with Gasteiger partial charge in [0.15, 0.2) is 11.6 Å². The van der Waals surface area contributed by atoms with E-state index in [2.05, 4.69) is 22.0 Å². The van der Waals surface area contributed by atoms with E-state index in [4.69, 9.17) is 9.47 Å². The fourth-order valence-electron chi connectivity index (χ4n) is 3.94. The van der Waals surface area contributed by atoms with Crippen LogP contribution in [0.25, 0.3) is 0 Å². The smallest absolute Gasteiger partial charge is 0.165 e. The van der Waals surface area contributed by atoms with Crippen molar-refractivity contribution in [3.8, 4) is 11.5 Å². The summed E-state index contributed by atoms with van der Waals surface area (Å²) in [7, 11) is 1.95. The number of ether oxygens (including phenoxy) is 2. The van der Waals surface area contributed by atoms with E-state index < -0.39 is 11.4 Å². The Morgan fingerprint density at radius 3 is 2.62 bits per heavy atom. The fourth-order valence-corrected chi connectivity index (χ4v) is 3.94. The zero-order valence-electron chi connectivity index (χ0n) is 18.4. The first-order valence-electron chi connectivity index (χ1n) is 11.0. The van der Waals surface area contributed by atoms with Crippen molar-refractivity contribution in [3.05, 3.63) is 78.1 Å². The summed E-state index contributed by atoms with van der Waals surface area (Å²) in [4.78, 5) is 6.60. The number of aliphatic hydroxyl groups is 1. The predicted octanol–water partition coefficient (Wildman–Crippen LogP) is 3.93. The summed E-state index contributed by atoms with van der Waals surface area (Å²) >= 11 is 0. The lowest BCUT2D eigenvalue weighted by molar-refractivity contribution is -0.0177. The number of hydrogen-bond acceptors (Lipinski definition) is 5. The fraction of sp³-hybridized carbons (Fsp3) is 0.400. The van der Waals surface area contributed by atoms with Gasteiger partial charge in [-0.05, 0) is 55.6 Å². The topological polar surface area (TPSA) is 59.8 Å². The molecule has 1 atom stereocenters. The summed E-state index contributed by atoms with van der Waals surface area (Å²) in [6, 6.07) is 14.4. The van der Waals surface area contributed by atoms with Crippen molar-refractivity contribution in [1.29, 1.82) is 0 Å². The van der Waals surface area contributed by atoms with Crippen molar-refractivity contribution in [1.82, 2.24) is 14.5 Å². The van der Waals surface area contributed by atoms with E-state index in [1.165, 1.54) is 11.6 Å². The van der Waals surface area contributed by atoms with Crippen LogP contribution in [0.15, 0.2) is 60.9 Å². The van der Waals surface area contributed by atoms with Crippen molar-refractivity contribution >= 4 is 0 Å². The summed E-state index contributed by atoms with van der Waals surface area (Å²) in [5.41, 5.74) is 0.252. The summed E-state index contributed by atoms with van der Waals surface area (Å²) in [5.74, 6) is 1.48. The van der Waals surface area contributed by atoms with Crippen LogP contribution in [0.4, 0.5) is 4.39 Å². The van der Waals surface area contributed by atoms with E-state index >= 15 is 0 Å². The van der Waals surface area contributed by atoms with Crippen LogP contribution in [0.2, 0.25) is 0 Å². The molecule has 0 aliphatic carbocycles. The molecule has 4 rings (SSSR count). The highest BCUT2D eigenvalue weighted by molar-refractivity contribution is 5.27. The van der Waals surface area contributed by atoms with Crippen LogP contribution in [-0.4, -0.2) is 44.9 Å². The normalized spacial score (nSPS) is 19.5. The van der Waals surface area contributed by atoms with Crippen LogP contribution >= 0.6 is 0 Å². The van der Waals surface area contributed by atoms with E-state index in [1.54, 1.807) is 24.4 Å². The van der Waals surface area contributed by atoms with Gasteiger partial charge in [-0.15, -0.1) is 0 Å². The van der Waals surface area contributed by atoms with Crippen LogP contribution < -0.4 is 9.47 Å². The Bertz CT molecular complexity index is 1010. The maximum absolute atomic E-state index is 13.8. The highest BCUT2D eigenvalue weighted by Gasteiger charge is 2.31. The first kappa shape index (κ1) is 22.3. The molecule has 0 amide bonds. The largest absolute Gasteiger partial charge is 0.488 e. The van der Waals surface area contributed by atoms with Crippen molar-refractivity contribution < 1.29 is 19.0 Å².